The summed E-state index contributed by atoms with van der Waals surface area (Å²) in [5.41, 5.74) is 5.94. The van der Waals surface area contributed by atoms with Crippen LogP contribution in [0.4, 0.5) is 13.2 Å². The van der Waals surface area contributed by atoms with Crippen LogP contribution in [0, 0.1) is 0 Å². The van der Waals surface area contributed by atoms with Crippen molar-refractivity contribution in [1.29, 1.82) is 0 Å². The molecule has 0 spiro atoms. The maximum atomic E-state index is 13.8. The van der Waals surface area contributed by atoms with Gasteiger partial charge >= 0.3 is 14.0 Å². The van der Waals surface area contributed by atoms with Crippen LogP contribution in [0.15, 0.2) is 42.5 Å². The standard InChI is InChI=1S/C22H25F3N3O5PS/c1-3-14-4-6-15(7-5-14)10-11-32-18-9-8-16(12-17(18)22(23,24)25)19-27-28-20(35-19)21(2,26)13-33-34(29,30)31/h4-9,12H,3,10-11,13,26H2,1-2H3,(H2,29,30,31)/t21-/m0/s1. The first kappa shape index (κ1) is 27.3. The monoisotopic (exact) mass is 531 g/mol. The van der Waals surface area contributed by atoms with Gasteiger partial charge in [-0.2, -0.15) is 13.2 Å². The average molecular weight is 531 g/mol. The van der Waals surface area contributed by atoms with Gasteiger partial charge < -0.3 is 20.3 Å². The van der Waals surface area contributed by atoms with Crippen LogP contribution in [0.25, 0.3) is 10.6 Å². The predicted octanol–water partition coefficient (Wildman–Crippen LogP) is 4.69. The van der Waals surface area contributed by atoms with Gasteiger partial charge in [-0.15, -0.1) is 10.2 Å². The van der Waals surface area contributed by atoms with Crippen molar-refractivity contribution in [3.05, 3.63) is 64.2 Å². The summed E-state index contributed by atoms with van der Waals surface area (Å²) in [4.78, 5) is 17.7. The molecule has 13 heteroatoms. The summed E-state index contributed by atoms with van der Waals surface area (Å²) in [6.07, 6.45) is -3.31. The fourth-order valence-corrected chi connectivity index (χ4v) is 4.40. The van der Waals surface area contributed by atoms with E-state index in [1.54, 1.807) is 0 Å². The van der Waals surface area contributed by atoms with Crippen molar-refractivity contribution in [3.63, 3.8) is 0 Å². The molecule has 0 saturated carbocycles. The van der Waals surface area contributed by atoms with Crippen LogP contribution < -0.4 is 10.5 Å². The molecule has 3 aromatic rings. The second-order valence-corrected chi connectivity index (χ2v) is 10.3. The second-order valence-electron chi connectivity index (χ2n) is 8.07. The lowest BCUT2D eigenvalue weighted by molar-refractivity contribution is -0.138. The highest BCUT2D eigenvalue weighted by Gasteiger charge is 2.35. The number of aryl methyl sites for hydroxylation is 1. The van der Waals surface area contributed by atoms with Crippen molar-refractivity contribution in [2.45, 2.75) is 38.4 Å². The van der Waals surface area contributed by atoms with E-state index in [0.29, 0.717) is 6.42 Å². The Balaban J connectivity index is 1.77. The highest BCUT2D eigenvalue weighted by molar-refractivity contribution is 7.46. The normalized spacial score (nSPS) is 14.1. The third-order valence-corrected chi connectivity index (χ3v) is 6.78. The zero-order chi connectivity index (χ0) is 25.9. The molecule has 0 aliphatic rings. The molecule has 0 amide bonds. The molecule has 0 aliphatic carbocycles. The van der Waals surface area contributed by atoms with E-state index in [1.165, 1.54) is 24.6 Å². The van der Waals surface area contributed by atoms with Crippen LogP contribution in [0.5, 0.6) is 5.75 Å². The summed E-state index contributed by atoms with van der Waals surface area (Å²) < 4.78 is 62.1. The molecule has 0 bridgehead atoms. The van der Waals surface area contributed by atoms with Gasteiger partial charge in [-0.05, 0) is 42.7 Å². The third-order valence-electron chi connectivity index (χ3n) is 5.06. The molecular weight excluding hydrogens is 506 g/mol. The molecule has 1 atom stereocenters. The Morgan fingerprint density at radius 2 is 1.74 bits per heavy atom. The van der Waals surface area contributed by atoms with Gasteiger partial charge in [-0.1, -0.05) is 42.5 Å². The number of benzene rings is 2. The molecule has 190 valence electrons. The zero-order valence-electron chi connectivity index (χ0n) is 19.0. The first-order chi connectivity index (χ1) is 16.3. The number of hydrogen-bond acceptors (Lipinski definition) is 7. The lowest BCUT2D eigenvalue weighted by atomic mass is 10.1. The van der Waals surface area contributed by atoms with Crippen molar-refractivity contribution in [2.24, 2.45) is 5.73 Å². The first-order valence-electron chi connectivity index (χ1n) is 10.5. The van der Waals surface area contributed by atoms with E-state index in [-0.39, 0.29) is 27.9 Å². The molecule has 1 aromatic heterocycles. The van der Waals surface area contributed by atoms with Crippen molar-refractivity contribution in [1.82, 2.24) is 10.2 Å². The fraction of sp³-hybridized carbons (Fsp3) is 0.364. The smallest absolute Gasteiger partial charge is 0.469 e. The molecule has 0 radical (unpaired) electrons. The zero-order valence-corrected chi connectivity index (χ0v) is 20.7. The van der Waals surface area contributed by atoms with Crippen molar-refractivity contribution in [3.8, 4) is 16.3 Å². The molecule has 8 nitrogen and oxygen atoms in total. The summed E-state index contributed by atoms with van der Waals surface area (Å²) in [5, 5.41) is 8.07. The number of hydrogen-bond donors (Lipinski definition) is 3. The summed E-state index contributed by atoms with van der Waals surface area (Å²) in [7, 11) is -4.76. The lowest BCUT2D eigenvalue weighted by Crippen LogP contribution is -2.37. The van der Waals surface area contributed by atoms with Crippen molar-refractivity contribution < 1.29 is 36.8 Å². The summed E-state index contributed by atoms with van der Waals surface area (Å²) in [5.74, 6) is -0.296. The molecule has 35 heavy (non-hydrogen) atoms. The minimum Gasteiger partial charge on any atom is -0.493 e. The van der Waals surface area contributed by atoms with Gasteiger partial charge in [0.2, 0.25) is 0 Å². The van der Waals surface area contributed by atoms with Crippen LogP contribution in [-0.2, 0) is 33.6 Å². The Bertz CT molecular complexity index is 1200. The number of phosphoric acid groups is 1. The number of nitrogens with zero attached hydrogens (tertiary/aromatic N) is 2. The Morgan fingerprint density at radius 3 is 2.34 bits per heavy atom. The van der Waals surface area contributed by atoms with E-state index in [2.05, 4.69) is 14.7 Å². The van der Waals surface area contributed by atoms with Crippen LogP contribution >= 0.6 is 19.2 Å². The molecule has 4 N–H and O–H groups in total. The molecule has 0 saturated heterocycles. The minimum atomic E-state index is -4.76. The topological polar surface area (TPSA) is 128 Å². The van der Waals surface area contributed by atoms with Crippen molar-refractivity contribution in [2.75, 3.05) is 13.2 Å². The van der Waals surface area contributed by atoms with Gasteiger partial charge in [0.15, 0.2) is 0 Å². The number of phosphoric ester groups is 1. The van der Waals surface area contributed by atoms with Crippen LogP contribution in [0.1, 0.15) is 35.5 Å². The molecule has 0 fully saturated rings. The van der Waals surface area contributed by atoms with E-state index in [0.717, 1.165) is 29.4 Å². The highest BCUT2D eigenvalue weighted by atomic mass is 32.1. The molecule has 0 unspecified atom stereocenters. The molecule has 2 aromatic carbocycles. The number of ether oxygens (including phenoxy) is 1. The fourth-order valence-electron chi connectivity index (χ4n) is 3.08. The maximum absolute atomic E-state index is 13.8. The third kappa shape index (κ3) is 7.57. The van der Waals surface area contributed by atoms with Crippen LogP contribution in [0.2, 0.25) is 0 Å². The van der Waals surface area contributed by atoms with E-state index in [1.807, 2.05) is 31.2 Å². The van der Waals surface area contributed by atoms with Gasteiger partial charge in [0, 0.05) is 12.0 Å². The van der Waals surface area contributed by atoms with E-state index < -0.39 is 31.7 Å². The number of alkyl halides is 3. The van der Waals surface area contributed by atoms with Gasteiger partial charge in [-0.3, -0.25) is 4.52 Å². The predicted molar refractivity (Wildman–Crippen MR) is 125 cm³/mol. The lowest BCUT2D eigenvalue weighted by Gasteiger charge is -2.21. The molecular formula is C22H25F3N3O5PS. The largest absolute Gasteiger partial charge is 0.493 e. The summed E-state index contributed by atoms with van der Waals surface area (Å²) >= 11 is 0.898. The Hall–Kier alpha value is -2.34. The highest BCUT2D eigenvalue weighted by Crippen LogP contribution is 2.41. The van der Waals surface area contributed by atoms with Crippen LogP contribution in [-0.4, -0.2) is 33.2 Å². The number of aromatic nitrogens is 2. The maximum Gasteiger partial charge on any atom is 0.469 e. The minimum absolute atomic E-state index is 0.0714. The average Bonchev–Trinajstić information content (AvgIpc) is 3.29. The Kier molecular flexibility index (Phi) is 8.36. The van der Waals surface area contributed by atoms with Gasteiger partial charge in [0.1, 0.15) is 15.8 Å². The molecule has 0 aliphatic heterocycles. The Morgan fingerprint density at radius 1 is 1.09 bits per heavy atom. The molecule has 3 rings (SSSR count). The number of nitrogens with two attached hydrogens (primary N) is 1. The SMILES string of the molecule is CCc1ccc(CCOc2ccc(-c3nnc([C@@](C)(N)COP(=O)(O)O)s3)cc2C(F)(F)F)cc1. The number of halogens is 3. The van der Waals surface area contributed by atoms with Gasteiger partial charge in [0.25, 0.3) is 0 Å². The second kappa shape index (κ2) is 10.7. The first-order valence-corrected chi connectivity index (χ1v) is 12.9. The molecule has 1 heterocycles. The van der Waals surface area contributed by atoms with Crippen molar-refractivity contribution >= 4 is 19.2 Å². The van der Waals surface area contributed by atoms with Gasteiger partial charge in [0.05, 0.1) is 24.3 Å². The van der Waals surface area contributed by atoms with E-state index in [9.17, 15) is 17.7 Å². The van der Waals surface area contributed by atoms with Gasteiger partial charge in [-0.25, -0.2) is 4.57 Å². The summed E-state index contributed by atoms with van der Waals surface area (Å²) in [6.45, 7) is 2.97. The Labute approximate surface area is 204 Å². The summed E-state index contributed by atoms with van der Waals surface area (Å²) in [6, 6.07) is 11.4. The van der Waals surface area contributed by atoms with E-state index in [4.69, 9.17) is 20.3 Å². The number of rotatable bonds is 10. The van der Waals surface area contributed by atoms with Crippen LogP contribution in [0.3, 0.4) is 0 Å². The quantitative estimate of drug-likeness (QED) is 0.322. The van der Waals surface area contributed by atoms with E-state index >= 15 is 0 Å².